The quantitative estimate of drug-likeness (QED) is 0.859. The van der Waals surface area contributed by atoms with Crippen LogP contribution in [0.25, 0.3) is 0 Å². The summed E-state index contributed by atoms with van der Waals surface area (Å²) in [5.74, 6) is -0.0489. The van der Waals surface area contributed by atoms with Crippen molar-refractivity contribution in [2.45, 2.75) is 13.1 Å². The number of aryl methyl sites for hydroxylation is 1. The number of benzene rings is 1. The Kier molecular flexibility index (Phi) is 5.68. The molecule has 1 saturated heterocycles. The van der Waals surface area contributed by atoms with Gasteiger partial charge in [0.05, 0.1) is 17.7 Å². The molecule has 1 aromatic heterocycles. The van der Waals surface area contributed by atoms with Crippen LogP contribution in [0.3, 0.4) is 0 Å². The van der Waals surface area contributed by atoms with Gasteiger partial charge in [0.15, 0.2) is 5.82 Å². The normalized spacial score (nSPS) is 15.5. The number of alkyl halides is 3. The number of amides is 2. The number of carbonyl (C=O) groups excluding carboxylic acids is 2. The van der Waals surface area contributed by atoms with Crippen LogP contribution in [0.2, 0.25) is 0 Å². The molecule has 150 valence electrons. The third-order valence-electron chi connectivity index (χ3n) is 4.39. The van der Waals surface area contributed by atoms with Crippen LogP contribution in [0.5, 0.6) is 0 Å². The summed E-state index contributed by atoms with van der Waals surface area (Å²) in [5.41, 5.74) is -1.30. The van der Waals surface area contributed by atoms with E-state index in [0.717, 1.165) is 6.07 Å². The number of hydrogen-bond donors (Lipinski definition) is 1. The van der Waals surface area contributed by atoms with Gasteiger partial charge in [0, 0.05) is 32.2 Å². The van der Waals surface area contributed by atoms with Crippen LogP contribution in [-0.2, 0) is 11.0 Å². The number of nitrogens with zero attached hydrogens (tertiary/aromatic N) is 3. The number of carbonyl (C=O) groups is 2. The third kappa shape index (κ3) is 4.69. The van der Waals surface area contributed by atoms with E-state index in [0.29, 0.717) is 24.7 Å². The van der Waals surface area contributed by atoms with Crippen molar-refractivity contribution in [2.75, 3.05) is 38.0 Å². The summed E-state index contributed by atoms with van der Waals surface area (Å²) in [5, 5.41) is 6.28. The highest BCUT2D eigenvalue weighted by molar-refractivity contribution is 5.96. The van der Waals surface area contributed by atoms with E-state index >= 15 is 0 Å². The molecule has 0 saturated carbocycles. The second-order valence-electron chi connectivity index (χ2n) is 6.48. The van der Waals surface area contributed by atoms with Gasteiger partial charge in [0.2, 0.25) is 5.91 Å². The molecule has 0 spiro atoms. The Bertz CT molecular complexity index is 858. The van der Waals surface area contributed by atoms with Gasteiger partial charge in [-0.1, -0.05) is 17.3 Å². The summed E-state index contributed by atoms with van der Waals surface area (Å²) in [4.78, 5) is 27.8. The first kappa shape index (κ1) is 19.9. The molecule has 2 aromatic rings. The van der Waals surface area contributed by atoms with Crippen molar-refractivity contribution in [3.05, 3.63) is 47.2 Å². The Morgan fingerprint density at radius 1 is 1.18 bits per heavy atom. The third-order valence-corrected chi connectivity index (χ3v) is 4.39. The molecule has 1 fully saturated rings. The van der Waals surface area contributed by atoms with E-state index in [1.165, 1.54) is 23.1 Å². The Hall–Kier alpha value is -2.88. The maximum absolute atomic E-state index is 13.1. The number of anilines is 1. The Labute approximate surface area is 159 Å². The average molecular weight is 396 g/mol. The first-order chi connectivity index (χ1) is 13.2. The summed E-state index contributed by atoms with van der Waals surface area (Å²) in [6.45, 7) is 3.03. The number of aromatic nitrogens is 1. The fourth-order valence-corrected chi connectivity index (χ4v) is 3.01. The van der Waals surface area contributed by atoms with E-state index in [-0.39, 0.29) is 31.1 Å². The highest BCUT2D eigenvalue weighted by Gasteiger charge is 2.36. The van der Waals surface area contributed by atoms with E-state index in [2.05, 4.69) is 10.5 Å². The van der Waals surface area contributed by atoms with Gasteiger partial charge in [-0.15, -0.1) is 0 Å². The summed E-state index contributed by atoms with van der Waals surface area (Å²) in [7, 11) is 0. The first-order valence-corrected chi connectivity index (χ1v) is 8.65. The molecular weight excluding hydrogens is 377 g/mol. The molecule has 0 aliphatic carbocycles. The minimum Gasteiger partial charge on any atom is -0.360 e. The zero-order chi connectivity index (χ0) is 20.3. The van der Waals surface area contributed by atoms with Gasteiger partial charge in [-0.2, -0.15) is 13.2 Å². The van der Waals surface area contributed by atoms with Crippen molar-refractivity contribution in [1.82, 2.24) is 15.0 Å². The molecule has 7 nitrogen and oxygen atoms in total. The molecule has 0 radical (unpaired) electrons. The van der Waals surface area contributed by atoms with Crippen LogP contribution in [0.15, 0.2) is 34.9 Å². The molecule has 1 N–H and O–H groups in total. The molecule has 10 heteroatoms. The molecule has 2 amide bonds. The Morgan fingerprint density at radius 2 is 1.86 bits per heavy atom. The summed E-state index contributed by atoms with van der Waals surface area (Å²) >= 11 is 0. The largest absolute Gasteiger partial charge is 0.417 e. The Morgan fingerprint density at radius 3 is 2.46 bits per heavy atom. The molecule has 0 atom stereocenters. The maximum Gasteiger partial charge on any atom is 0.417 e. The van der Waals surface area contributed by atoms with E-state index in [9.17, 15) is 22.8 Å². The van der Waals surface area contributed by atoms with Crippen molar-refractivity contribution in [3.63, 3.8) is 0 Å². The van der Waals surface area contributed by atoms with Crippen LogP contribution in [0, 0.1) is 6.92 Å². The lowest BCUT2D eigenvalue weighted by Crippen LogP contribution is -2.50. The van der Waals surface area contributed by atoms with Gasteiger partial charge in [-0.3, -0.25) is 14.5 Å². The number of piperazine rings is 1. The first-order valence-electron chi connectivity index (χ1n) is 8.65. The lowest BCUT2D eigenvalue weighted by atomic mass is 10.1. The Balaban J connectivity index is 1.55. The SMILES string of the molecule is Cc1cc(NC(=O)CN2CCN(C(=O)c3ccccc3C(F)(F)F)CC2)no1. The predicted molar refractivity (Wildman–Crippen MR) is 93.7 cm³/mol. The fraction of sp³-hybridized carbons (Fsp3) is 0.389. The number of hydrogen-bond acceptors (Lipinski definition) is 5. The van der Waals surface area contributed by atoms with E-state index < -0.39 is 17.6 Å². The predicted octanol–water partition coefficient (Wildman–Crippen LogP) is 2.40. The number of nitrogens with one attached hydrogen (secondary N) is 1. The molecule has 0 bridgehead atoms. The molecule has 1 aromatic carbocycles. The highest BCUT2D eigenvalue weighted by atomic mass is 19.4. The molecule has 0 unspecified atom stereocenters. The molecule has 28 heavy (non-hydrogen) atoms. The number of rotatable bonds is 4. The van der Waals surface area contributed by atoms with Gasteiger partial charge in [0.25, 0.3) is 5.91 Å². The van der Waals surface area contributed by atoms with Crippen molar-refractivity contribution >= 4 is 17.6 Å². The van der Waals surface area contributed by atoms with Crippen LogP contribution in [0.4, 0.5) is 19.0 Å². The lowest BCUT2D eigenvalue weighted by Gasteiger charge is -2.34. The summed E-state index contributed by atoms with van der Waals surface area (Å²) < 4.78 is 44.2. The fourth-order valence-electron chi connectivity index (χ4n) is 3.01. The van der Waals surface area contributed by atoms with E-state index in [1.807, 2.05) is 4.90 Å². The lowest BCUT2D eigenvalue weighted by molar-refractivity contribution is -0.138. The second-order valence-corrected chi connectivity index (χ2v) is 6.48. The molecule has 1 aliphatic rings. The van der Waals surface area contributed by atoms with Crippen molar-refractivity contribution in [1.29, 1.82) is 0 Å². The standard InChI is InChI=1S/C18H19F3N4O3/c1-12-10-15(23-28-12)22-16(26)11-24-6-8-25(9-7-24)17(27)13-4-2-3-5-14(13)18(19,20)21/h2-5,10H,6-9,11H2,1H3,(H,22,23,26). The van der Waals surface area contributed by atoms with Crippen molar-refractivity contribution < 1.29 is 27.3 Å². The average Bonchev–Trinajstić information content (AvgIpc) is 3.05. The minimum atomic E-state index is -4.59. The van der Waals surface area contributed by atoms with E-state index in [4.69, 9.17) is 4.52 Å². The van der Waals surface area contributed by atoms with Gasteiger partial charge in [-0.25, -0.2) is 0 Å². The van der Waals surface area contributed by atoms with Crippen LogP contribution in [0.1, 0.15) is 21.7 Å². The zero-order valence-corrected chi connectivity index (χ0v) is 15.1. The smallest absolute Gasteiger partial charge is 0.360 e. The van der Waals surface area contributed by atoms with E-state index in [1.54, 1.807) is 13.0 Å². The van der Waals surface area contributed by atoms with Crippen molar-refractivity contribution in [2.24, 2.45) is 0 Å². The topological polar surface area (TPSA) is 78.7 Å². The van der Waals surface area contributed by atoms with Crippen LogP contribution >= 0.6 is 0 Å². The maximum atomic E-state index is 13.1. The summed E-state index contributed by atoms with van der Waals surface area (Å²) in [6.07, 6.45) is -4.59. The van der Waals surface area contributed by atoms with Gasteiger partial charge < -0.3 is 14.7 Å². The van der Waals surface area contributed by atoms with Gasteiger partial charge >= 0.3 is 6.18 Å². The zero-order valence-electron chi connectivity index (χ0n) is 15.1. The molecule has 3 rings (SSSR count). The van der Waals surface area contributed by atoms with Gasteiger partial charge in [0.1, 0.15) is 5.76 Å². The van der Waals surface area contributed by atoms with Crippen molar-refractivity contribution in [3.8, 4) is 0 Å². The molecule has 2 heterocycles. The molecular formula is C18H19F3N4O3. The summed E-state index contributed by atoms with van der Waals surface area (Å²) in [6, 6.07) is 6.35. The van der Waals surface area contributed by atoms with Crippen LogP contribution < -0.4 is 5.32 Å². The number of halogens is 3. The highest BCUT2D eigenvalue weighted by Crippen LogP contribution is 2.32. The monoisotopic (exact) mass is 396 g/mol. The second kappa shape index (κ2) is 8.01. The van der Waals surface area contributed by atoms with Gasteiger partial charge in [-0.05, 0) is 19.1 Å². The van der Waals surface area contributed by atoms with Crippen LogP contribution in [-0.4, -0.2) is 59.5 Å². The minimum absolute atomic E-state index is 0.0904. The molecule has 1 aliphatic heterocycles.